The minimum atomic E-state index is -3.67. The second-order valence-electron chi connectivity index (χ2n) is 4.79. The zero-order valence-electron chi connectivity index (χ0n) is 10.1. The van der Waals surface area contributed by atoms with Crippen molar-refractivity contribution >= 4 is 15.8 Å². The summed E-state index contributed by atoms with van der Waals surface area (Å²) in [5.74, 6) is -2.89. The van der Waals surface area contributed by atoms with E-state index in [4.69, 9.17) is 0 Å². The molecule has 0 bridgehead atoms. The summed E-state index contributed by atoms with van der Waals surface area (Å²) in [7, 11) is -3.67. The molecule has 2 rings (SSSR count). The SMILES string of the molecule is CS(=O)(=O)[C@@H]1[C@@H](c2cccc(F)c2)[C@]1(CO)C(=O)O. The molecule has 1 aromatic carbocycles. The number of rotatable bonds is 4. The quantitative estimate of drug-likeness (QED) is 0.836. The van der Waals surface area contributed by atoms with E-state index in [1.54, 1.807) is 0 Å². The van der Waals surface area contributed by atoms with Crippen LogP contribution in [0.15, 0.2) is 24.3 Å². The molecule has 3 atom stereocenters. The average molecular weight is 288 g/mol. The summed E-state index contributed by atoms with van der Waals surface area (Å²) < 4.78 is 36.5. The molecule has 1 fully saturated rings. The molecule has 0 heterocycles. The van der Waals surface area contributed by atoms with Crippen LogP contribution in [0.5, 0.6) is 0 Å². The lowest BCUT2D eigenvalue weighted by Crippen LogP contribution is -2.27. The van der Waals surface area contributed by atoms with Crippen molar-refractivity contribution in [3.05, 3.63) is 35.6 Å². The van der Waals surface area contributed by atoms with E-state index in [-0.39, 0.29) is 5.56 Å². The van der Waals surface area contributed by atoms with E-state index in [1.807, 2.05) is 0 Å². The third-order valence-corrected chi connectivity index (χ3v) is 5.20. The number of carboxylic acids is 1. The van der Waals surface area contributed by atoms with E-state index < -0.39 is 44.8 Å². The number of sulfone groups is 1. The number of carbonyl (C=O) groups is 1. The maximum Gasteiger partial charge on any atom is 0.314 e. The van der Waals surface area contributed by atoms with Gasteiger partial charge in [-0.1, -0.05) is 12.1 Å². The maximum atomic E-state index is 13.2. The first kappa shape index (κ1) is 14.0. The topological polar surface area (TPSA) is 91.7 Å². The predicted octanol–water partition coefficient (Wildman–Crippen LogP) is 0.399. The Labute approximate surface area is 109 Å². The van der Waals surface area contributed by atoms with Gasteiger partial charge in [0.05, 0.1) is 11.9 Å². The molecule has 1 aromatic rings. The Morgan fingerprint density at radius 1 is 1.47 bits per heavy atom. The molecule has 104 valence electrons. The largest absolute Gasteiger partial charge is 0.481 e. The van der Waals surface area contributed by atoms with Crippen LogP contribution >= 0.6 is 0 Å². The zero-order valence-corrected chi connectivity index (χ0v) is 10.9. The third-order valence-electron chi connectivity index (χ3n) is 3.59. The van der Waals surface area contributed by atoms with Gasteiger partial charge < -0.3 is 10.2 Å². The van der Waals surface area contributed by atoms with Crippen molar-refractivity contribution in [2.75, 3.05) is 12.9 Å². The van der Waals surface area contributed by atoms with Crippen molar-refractivity contribution in [1.29, 1.82) is 0 Å². The van der Waals surface area contributed by atoms with Crippen molar-refractivity contribution in [3.8, 4) is 0 Å². The van der Waals surface area contributed by atoms with Gasteiger partial charge in [0.15, 0.2) is 9.84 Å². The van der Waals surface area contributed by atoms with Crippen LogP contribution < -0.4 is 0 Å². The molecule has 0 aromatic heterocycles. The number of aliphatic hydroxyl groups is 1. The zero-order chi connectivity index (χ0) is 14.4. The van der Waals surface area contributed by atoms with Gasteiger partial charge in [0.1, 0.15) is 11.2 Å². The Morgan fingerprint density at radius 2 is 2.11 bits per heavy atom. The lowest BCUT2D eigenvalue weighted by molar-refractivity contribution is -0.145. The van der Waals surface area contributed by atoms with Crippen molar-refractivity contribution < 1.29 is 27.8 Å². The van der Waals surface area contributed by atoms with Crippen LogP contribution in [0.25, 0.3) is 0 Å². The molecule has 1 aliphatic rings. The minimum absolute atomic E-state index is 0.270. The summed E-state index contributed by atoms with van der Waals surface area (Å²) >= 11 is 0. The van der Waals surface area contributed by atoms with Crippen LogP contribution in [0.1, 0.15) is 11.5 Å². The van der Waals surface area contributed by atoms with E-state index >= 15 is 0 Å². The predicted molar refractivity (Wildman–Crippen MR) is 64.9 cm³/mol. The number of aliphatic hydroxyl groups excluding tert-OH is 1. The van der Waals surface area contributed by atoms with E-state index in [2.05, 4.69) is 0 Å². The molecular weight excluding hydrogens is 275 g/mol. The summed E-state index contributed by atoms with van der Waals surface area (Å²) in [5, 5.41) is 17.3. The maximum absolute atomic E-state index is 13.2. The highest BCUT2D eigenvalue weighted by Crippen LogP contribution is 2.62. The summed E-state index contributed by atoms with van der Waals surface area (Å²) in [5.41, 5.74) is -1.51. The van der Waals surface area contributed by atoms with Crippen LogP contribution in [0, 0.1) is 11.2 Å². The smallest absolute Gasteiger partial charge is 0.314 e. The van der Waals surface area contributed by atoms with Crippen LogP contribution in [0.3, 0.4) is 0 Å². The van der Waals surface area contributed by atoms with Crippen LogP contribution in [0.4, 0.5) is 4.39 Å². The molecule has 0 spiro atoms. The number of benzene rings is 1. The average Bonchev–Trinajstić information content (AvgIpc) is 2.99. The first-order valence-electron chi connectivity index (χ1n) is 5.53. The Balaban J connectivity index is 2.53. The second-order valence-corrected chi connectivity index (χ2v) is 6.95. The highest BCUT2D eigenvalue weighted by molar-refractivity contribution is 7.91. The molecule has 19 heavy (non-hydrogen) atoms. The van der Waals surface area contributed by atoms with E-state index in [1.165, 1.54) is 18.2 Å². The molecule has 5 nitrogen and oxygen atoms in total. The summed E-state index contributed by atoms with van der Waals surface area (Å²) in [6.45, 7) is -0.804. The van der Waals surface area contributed by atoms with Gasteiger partial charge in [-0.15, -0.1) is 0 Å². The molecule has 0 aliphatic heterocycles. The standard InChI is InChI=1S/C12H13FO5S/c1-19(17,18)10-9(12(10,6-14)11(15)16)7-3-2-4-8(13)5-7/h2-5,9-10,14H,6H2,1H3,(H,15,16)/t9-,10-,12+/m1/s1. The summed E-state index contributed by atoms with van der Waals surface area (Å²) in [6, 6.07) is 5.13. The molecule has 0 unspecified atom stereocenters. The van der Waals surface area contributed by atoms with E-state index in [0.29, 0.717) is 0 Å². The molecule has 7 heteroatoms. The second kappa shape index (κ2) is 4.28. The molecule has 0 amide bonds. The Bertz CT molecular complexity index is 627. The Kier molecular flexibility index (Phi) is 3.14. The van der Waals surface area contributed by atoms with Gasteiger partial charge in [-0.3, -0.25) is 4.79 Å². The third kappa shape index (κ3) is 2.02. The fraction of sp³-hybridized carbons (Fsp3) is 0.417. The molecular formula is C12H13FO5S. The first-order valence-corrected chi connectivity index (χ1v) is 7.49. The van der Waals surface area contributed by atoms with Crippen LogP contribution in [-0.2, 0) is 14.6 Å². The minimum Gasteiger partial charge on any atom is -0.481 e. The van der Waals surface area contributed by atoms with E-state index in [9.17, 15) is 27.8 Å². The Hall–Kier alpha value is -1.47. The van der Waals surface area contributed by atoms with Gasteiger partial charge in [-0.25, -0.2) is 12.8 Å². The first-order chi connectivity index (χ1) is 8.75. The Morgan fingerprint density at radius 3 is 2.47 bits per heavy atom. The molecule has 1 saturated carbocycles. The van der Waals surface area contributed by atoms with E-state index in [0.717, 1.165) is 12.3 Å². The number of hydrogen-bond acceptors (Lipinski definition) is 4. The molecule has 2 N–H and O–H groups in total. The van der Waals surface area contributed by atoms with Crippen molar-refractivity contribution in [2.45, 2.75) is 11.2 Å². The number of hydrogen-bond donors (Lipinski definition) is 2. The number of halogens is 1. The van der Waals surface area contributed by atoms with Crippen molar-refractivity contribution in [3.63, 3.8) is 0 Å². The van der Waals surface area contributed by atoms with Crippen LogP contribution in [-0.4, -0.2) is 42.7 Å². The number of aliphatic carboxylic acids is 1. The van der Waals surface area contributed by atoms with Gasteiger partial charge >= 0.3 is 5.97 Å². The highest BCUT2D eigenvalue weighted by atomic mass is 32.2. The summed E-state index contributed by atoms with van der Waals surface area (Å²) in [6.07, 6.45) is 0.921. The van der Waals surface area contributed by atoms with Gasteiger partial charge in [-0.2, -0.15) is 0 Å². The molecule has 1 aliphatic carbocycles. The normalized spacial score (nSPS) is 30.1. The van der Waals surface area contributed by atoms with Crippen LogP contribution in [0.2, 0.25) is 0 Å². The molecule has 0 radical (unpaired) electrons. The summed E-state index contributed by atoms with van der Waals surface area (Å²) in [4.78, 5) is 11.3. The highest BCUT2D eigenvalue weighted by Gasteiger charge is 2.74. The lowest BCUT2D eigenvalue weighted by atomic mass is 10.00. The van der Waals surface area contributed by atoms with Crippen molar-refractivity contribution in [1.82, 2.24) is 0 Å². The lowest BCUT2D eigenvalue weighted by Gasteiger charge is -2.08. The van der Waals surface area contributed by atoms with Gasteiger partial charge in [0.2, 0.25) is 0 Å². The van der Waals surface area contributed by atoms with Crippen molar-refractivity contribution in [2.24, 2.45) is 5.41 Å². The fourth-order valence-corrected chi connectivity index (χ4v) is 4.62. The number of carboxylic acid groups (broad SMARTS) is 1. The molecule has 0 saturated heterocycles. The van der Waals surface area contributed by atoms with Gasteiger partial charge in [0.25, 0.3) is 0 Å². The fourth-order valence-electron chi connectivity index (χ4n) is 2.72. The monoisotopic (exact) mass is 288 g/mol. The van der Waals surface area contributed by atoms with Gasteiger partial charge in [0, 0.05) is 12.2 Å². The van der Waals surface area contributed by atoms with Gasteiger partial charge in [-0.05, 0) is 17.7 Å².